The van der Waals surface area contributed by atoms with Crippen LogP contribution in [0.3, 0.4) is 0 Å². The molecule has 15 heavy (non-hydrogen) atoms. The zero-order chi connectivity index (χ0) is 11.2. The van der Waals surface area contributed by atoms with Crippen molar-refractivity contribution in [1.82, 2.24) is 14.6 Å². The van der Waals surface area contributed by atoms with E-state index in [1.165, 1.54) is 6.07 Å². The molecule has 0 saturated heterocycles. The number of aromatic nitrogens is 3. The van der Waals surface area contributed by atoms with E-state index in [9.17, 15) is 4.79 Å². The Labute approximate surface area is 86.9 Å². The topological polar surface area (TPSA) is 76.2 Å². The van der Waals surface area contributed by atoms with Crippen molar-refractivity contribution >= 4 is 11.5 Å². The summed E-state index contributed by atoms with van der Waals surface area (Å²) in [6.07, 6.45) is 0. The summed E-state index contributed by atoms with van der Waals surface area (Å²) < 4.78 is 1.54. The van der Waals surface area contributed by atoms with Gasteiger partial charge in [-0.2, -0.15) is 5.10 Å². The van der Waals surface area contributed by atoms with Gasteiger partial charge in [0.2, 0.25) is 0 Å². The van der Waals surface area contributed by atoms with Gasteiger partial charge in [0.15, 0.2) is 0 Å². The first-order valence-corrected chi connectivity index (χ1v) is 4.77. The van der Waals surface area contributed by atoms with Crippen LogP contribution >= 0.6 is 0 Å². The Morgan fingerprint density at radius 1 is 1.40 bits per heavy atom. The molecule has 0 aliphatic carbocycles. The van der Waals surface area contributed by atoms with E-state index >= 15 is 0 Å². The molecule has 0 aliphatic rings. The molecule has 0 spiro atoms. The van der Waals surface area contributed by atoms with Gasteiger partial charge in [-0.05, 0) is 0 Å². The highest BCUT2D eigenvalue weighted by Crippen LogP contribution is 2.21. The first-order valence-electron chi connectivity index (χ1n) is 4.77. The van der Waals surface area contributed by atoms with Crippen LogP contribution in [-0.2, 0) is 5.41 Å². The Morgan fingerprint density at radius 3 is 2.67 bits per heavy atom. The molecule has 0 radical (unpaired) electrons. The number of fused-ring (bicyclic) bond motifs is 1. The highest BCUT2D eigenvalue weighted by molar-refractivity contribution is 5.47. The van der Waals surface area contributed by atoms with Crippen molar-refractivity contribution in [3.05, 3.63) is 28.2 Å². The van der Waals surface area contributed by atoms with Crippen LogP contribution in [0.1, 0.15) is 26.5 Å². The molecule has 0 aromatic carbocycles. The number of hydrogen-bond donors (Lipinski definition) is 2. The molecular formula is C10H14N4O. The van der Waals surface area contributed by atoms with E-state index in [4.69, 9.17) is 5.73 Å². The minimum atomic E-state index is -0.208. The number of nitrogens with zero attached hydrogens (tertiary/aromatic N) is 2. The number of H-pyrrole nitrogens is 1. The molecule has 80 valence electrons. The average molecular weight is 206 g/mol. The lowest BCUT2D eigenvalue weighted by Crippen LogP contribution is -2.13. The predicted molar refractivity (Wildman–Crippen MR) is 58.9 cm³/mol. The predicted octanol–water partition coefficient (Wildman–Crippen LogP) is 0.902. The molecule has 0 bridgehead atoms. The first kappa shape index (κ1) is 9.76. The lowest BCUT2D eigenvalue weighted by atomic mass is 9.93. The number of nitrogens with one attached hydrogen (secondary N) is 1. The van der Waals surface area contributed by atoms with Gasteiger partial charge >= 0.3 is 0 Å². The number of hydrogen-bond acceptors (Lipinski definition) is 3. The molecule has 0 atom stereocenters. The quantitative estimate of drug-likeness (QED) is 0.672. The minimum absolute atomic E-state index is 0.0602. The molecule has 0 saturated carbocycles. The van der Waals surface area contributed by atoms with Crippen LogP contribution in [-0.4, -0.2) is 14.6 Å². The van der Waals surface area contributed by atoms with E-state index in [2.05, 4.69) is 30.9 Å². The maximum Gasteiger partial charge on any atom is 0.253 e. The van der Waals surface area contributed by atoms with Crippen molar-refractivity contribution < 1.29 is 0 Å². The molecule has 5 nitrogen and oxygen atoms in total. The van der Waals surface area contributed by atoms with Crippen LogP contribution in [0, 0.1) is 0 Å². The van der Waals surface area contributed by atoms with E-state index in [0.29, 0.717) is 11.5 Å². The Balaban J connectivity index is 2.77. The molecule has 0 aliphatic heterocycles. The summed E-state index contributed by atoms with van der Waals surface area (Å²) in [5.41, 5.74) is 6.95. The van der Waals surface area contributed by atoms with Crippen LogP contribution in [0.5, 0.6) is 0 Å². The van der Waals surface area contributed by atoms with Crippen LogP contribution in [0.4, 0.5) is 5.82 Å². The van der Waals surface area contributed by atoms with E-state index in [1.54, 1.807) is 4.52 Å². The smallest absolute Gasteiger partial charge is 0.253 e. The molecule has 0 amide bonds. The van der Waals surface area contributed by atoms with Crippen LogP contribution in [0.2, 0.25) is 0 Å². The summed E-state index contributed by atoms with van der Waals surface area (Å²) in [4.78, 5) is 13.9. The van der Waals surface area contributed by atoms with Gasteiger partial charge in [-0.1, -0.05) is 20.8 Å². The van der Waals surface area contributed by atoms with Crippen molar-refractivity contribution in [2.45, 2.75) is 26.2 Å². The van der Waals surface area contributed by atoms with Crippen molar-refractivity contribution in [3.63, 3.8) is 0 Å². The summed E-state index contributed by atoms with van der Waals surface area (Å²) >= 11 is 0. The lowest BCUT2D eigenvalue weighted by molar-refractivity contribution is 0.563. The van der Waals surface area contributed by atoms with Gasteiger partial charge in [-0.15, -0.1) is 0 Å². The van der Waals surface area contributed by atoms with Gasteiger partial charge in [0.25, 0.3) is 5.56 Å². The van der Waals surface area contributed by atoms with Gasteiger partial charge in [-0.3, -0.25) is 4.79 Å². The van der Waals surface area contributed by atoms with Gasteiger partial charge in [0, 0.05) is 17.5 Å². The third-order valence-corrected chi connectivity index (χ3v) is 2.25. The van der Waals surface area contributed by atoms with E-state index < -0.39 is 0 Å². The molecule has 2 heterocycles. The van der Waals surface area contributed by atoms with Crippen molar-refractivity contribution in [3.8, 4) is 0 Å². The van der Waals surface area contributed by atoms with Crippen molar-refractivity contribution in [2.24, 2.45) is 0 Å². The maximum absolute atomic E-state index is 11.2. The zero-order valence-electron chi connectivity index (χ0n) is 9.03. The molecule has 2 aromatic heterocycles. The molecule has 0 unspecified atom stereocenters. The van der Waals surface area contributed by atoms with Crippen LogP contribution in [0.15, 0.2) is 16.9 Å². The monoisotopic (exact) mass is 206 g/mol. The van der Waals surface area contributed by atoms with Gasteiger partial charge in [0.1, 0.15) is 11.5 Å². The molecule has 3 N–H and O–H groups in total. The Hall–Kier alpha value is -1.78. The summed E-state index contributed by atoms with van der Waals surface area (Å²) in [5, 5.41) is 4.35. The molecular weight excluding hydrogens is 192 g/mol. The summed E-state index contributed by atoms with van der Waals surface area (Å²) in [6, 6.07) is 3.17. The third kappa shape index (κ3) is 1.60. The summed E-state index contributed by atoms with van der Waals surface area (Å²) in [6.45, 7) is 6.18. The fourth-order valence-corrected chi connectivity index (χ4v) is 1.39. The highest BCUT2D eigenvalue weighted by atomic mass is 16.1. The lowest BCUT2D eigenvalue weighted by Gasteiger charge is -2.13. The van der Waals surface area contributed by atoms with E-state index in [1.807, 2.05) is 6.07 Å². The van der Waals surface area contributed by atoms with Crippen LogP contribution in [0.25, 0.3) is 5.65 Å². The maximum atomic E-state index is 11.2. The normalized spacial score (nSPS) is 12.2. The number of rotatable bonds is 0. The first-order chi connectivity index (χ1) is 6.88. The summed E-state index contributed by atoms with van der Waals surface area (Å²) in [5.74, 6) is 0.351. The number of nitrogen functional groups attached to an aromatic ring is 1. The summed E-state index contributed by atoms with van der Waals surface area (Å²) in [7, 11) is 0. The standard InChI is InChI=1S/C10H14N4O/c1-10(2,3)6-4-8-12-9(15)5-7(11)14(8)13-6/h4-5H,11H2,1-3H3,(H,12,15). The van der Waals surface area contributed by atoms with Crippen molar-refractivity contribution in [1.29, 1.82) is 0 Å². The molecule has 2 rings (SSSR count). The minimum Gasteiger partial charge on any atom is -0.383 e. The van der Waals surface area contributed by atoms with Crippen molar-refractivity contribution in [2.75, 3.05) is 5.73 Å². The Kier molecular flexibility index (Phi) is 1.86. The molecule has 5 heteroatoms. The van der Waals surface area contributed by atoms with Crippen LogP contribution < -0.4 is 11.3 Å². The average Bonchev–Trinajstić information content (AvgIpc) is 2.46. The van der Waals surface area contributed by atoms with E-state index in [-0.39, 0.29) is 11.0 Å². The van der Waals surface area contributed by atoms with E-state index in [0.717, 1.165) is 5.69 Å². The zero-order valence-corrected chi connectivity index (χ0v) is 9.03. The molecule has 0 fully saturated rings. The number of aromatic amines is 1. The van der Waals surface area contributed by atoms with Gasteiger partial charge in [-0.25, -0.2) is 4.52 Å². The second-order valence-electron chi connectivity index (χ2n) is 4.64. The second kappa shape index (κ2) is 2.85. The molecule has 2 aromatic rings. The number of nitrogens with two attached hydrogens (primary N) is 1. The Morgan fingerprint density at radius 2 is 2.07 bits per heavy atom. The number of anilines is 1. The fourth-order valence-electron chi connectivity index (χ4n) is 1.39. The Bertz CT molecular complexity index is 559. The third-order valence-electron chi connectivity index (χ3n) is 2.25. The second-order valence-corrected chi connectivity index (χ2v) is 4.64. The van der Waals surface area contributed by atoms with Gasteiger partial charge in [0.05, 0.1) is 5.69 Å². The van der Waals surface area contributed by atoms with Gasteiger partial charge < -0.3 is 10.7 Å². The SMILES string of the molecule is CC(C)(C)c1cc2[nH]c(=O)cc(N)n2n1. The highest BCUT2D eigenvalue weighted by Gasteiger charge is 2.18. The largest absolute Gasteiger partial charge is 0.383 e. The fraction of sp³-hybridized carbons (Fsp3) is 0.400.